The zero-order valence-electron chi connectivity index (χ0n) is 11.1. The van der Waals surface area contributed by atoms with Crippen molar-refractivity contribution in [3.8, 4) is 0 Å². The molecule has 0 saturated carbocycles. The van der Waals surface area contributed by atoms with Crippen molar-refractivity contribution in [2.75, 3.05) is 17.2 Å². The number of fused-ring (bicyclic) bond motifs is 1. The molecule has 0 spiro atoms. The summed E-state index contributed by atoms with van der Waals surface area (Å²) >= 11 is 0. The third kappa shape index (κ3) is 2.56. The number of H-pyrrole nitrogens is 1. The van der Waals surface area contributed by atoms with Crippen molar-refractivity contribution in [1.29, 1.82) is 0 Å². The molecule has 0 bridgehead atoms. The quantitative estimate of drug-likeness (QED) is 0.621. The van der Waals surface area contributed by atoms with E-state index in [1.807, 2.05) is 6.92 Å². The molecule has 0 aliphatic carbocycles. The number of aromatic nitrogens is 4. The minimum absolute atomic E-state index is 0.460. The van der Waals surface area contributed by atoms with Gasteiger partial charge in [0.05, 0.1) is 11.6 Å². The highest BCUT2D eigenvalue weighted by molar-refractivity contribution is 5.92. The first-order valence-electron chi connectivity index (χ1n) is 5.97. The molecule has 0 radical (unpaired) electrons. The van der Waals surface area contributed by atoms with Crippen LogP contribution in [0.2, 0.25) is 0 Å². The van der Waals surface area contributed by atoms with E-state index < -0.39 is 11.4 Å². The molecule has 2 aromatic heterocycles. The topological polar surface area (TPSA) is 122 Å². The second kappa shape index (κ2) is 4.71. The van der Waals surface area contributed by atoms with Crippen molar-refractivity contribution in [1.82, 2.24) is 20.2 Å². The number of nitrogens with zero attached hydrogens (tertiary/aromatic N) is 3. The summed E-state index contributed by atoms with van der Waals surface area (Å²) in [6, 6.07) is 0. The van der Waals surface area contributed by atoms with Gasteiger partial charge in [0.25, 0.3) is 0 Å². The Morgan fingerprint density at radius 2 is 2.21 bits per heavy atom. The number of primary amides is 1. The van der Waals surface area contributed by atoms with Crippen LogP contribution < -0.4 is 16.4 Å². The summed E-state index contributed by atoms with van der Waals surface area (Å²) in [6.45, 7) is 6.02. The van der Waals surface area contributed by atoms with Gasteiger partial charge in [-0.25, -0.2) is 0 Å². The lowest BCUT2D eigenvalue weighted by Crippen LogP contribution is -2.45. The zero-order chi connectivity index (χ0) is 14.0. The van der Waals surface area contributed by atoms with Crippen molar-refractivity contribution >= 4 is 28.7 Å². The largest absolute Gasteiger partial charge is 0.368 e. The minimum Gasteiger partial charge on any atom is -0.368 e. The maximum absolute atomic E-state index is 11.4. The number of nitrogens with one attached hydrogen (secondary N) is 3. The Kier molecular flexibility index (Phi) is 3.24. The number of amides is 1. The number of anilines is 2. The van der Waals surface area contributed by atoms with Crippen LogP contribution in [0.1, 0.15) is 20.8 Å². The Morgan fingerprint density at radius 3 is 2.84 bits per heavy atom. The van der Waals surface area contributed by atoms with Gasteiger partial charge in [0, 0.05) is 6.54 Å². The summed E-state index contributed by atoms with van der Waals surface area (Å²) < 4.78 is 0. The molecule has 0 atom stereocenters. The van der Waals surface area contributed by atoms with Crippen molar-refractivity contribution < 1.29 is 4.79 Å². The number of carbonyl (C=O) groups excluding carboxylic acids is 1. The lowest BCUT2D eigenvalue weighted by atomic mass is 10.1. The lowest BCUT2D eigenvalue weighted by molar-refractivity contribution is -0.121. The third-order valence-electron chi connectivity index (χ3n) is 2.69. The van der Waals surface area contributed by atoms with Crippen LogP contribution in [0.15, 0.2) is 6.20 Å². The predicted octanol–water partition coefficient (Wildman–Crippen LogP) is 0.460. The average Bonchev–Trinajstić information content (AvgIpc) is 2.77. The fourth-order valence-corrected chi connectivity index (χ4v) is 1.52. The van der Waals surface area contributed by atoms with Gasteiger partial charge in [-0.1, -0.05) is 0 Å². The Bertz CT molecular complexity index is 604. The van der Waals surface area contributed by atoms with Gasteiger partial charge < -0.3 is 16.4 Å². The monoisotopic (exact) mass is 263 g/mol. The van der Waals surface area contributed by atoms with Gasteiger partial charge in [-0.05, 0) is 20.8 Å². The van der Waals surface area contributed by atoms with E-state index in [0.29, 0.717) is 29.3 Å². The van der Waals surface area contributed by atoms with Crippen molar-refractivity contribution in [2.45, 2.75) is 26.3 Å². The first-order chi connectivity index (χ1) is 8.94. The number of hydrogen-bond donors (Lipinski definition) is 4. The van der Waals surface area contributed by atoms with E-state index in [1.165, 1.54) is 0 Å². The lowest BCUT2D eigenvalue weighted by Gasteiger charge is -2.23. The summed E-state index contributed by atoms with van der Waals surface area (Å²) in [5, 5.41) is 13.4. The van der Waals surface area contributed by atoms with Crippen molar-refractivity contribution in [2.24, 2.45) is 5.73 Å². The van der Waals surface area contributed by atoms with E-state index in [4.69, 9.17) is 5.73 Å². The number of hydrogen-bond acceptors (Lipinski definition) is 6. The van der Waals surface area contributed by atoms with Crippen LogP contribution >= 0.6 is 0 Å². The number of rotatable bonds is 5. The van der Waals surface area contributed by atoms with Gasteiger partial charge in [-0.3, -0.25) is 9.89 Å². The van der Waals surface area contributed by atoms with Gasteiger partial charge in [0.1, 0.15) is 11.4 Å². The fourth-order valence-electron chi connectivity index (χ4n) is 1.52. The Labute approximate surface area is 110 Å². The SMILES string of the molecule is CCNc1nc(NC(C)(C)C(N)=O)c2cn[nH]c2n1. The van der Waals surface area contributed by atoms with Crippen molar-refractivity contribution in [3.63, 3.8) is 0 Å². The van der Waals surface area contributed by atoms with Gasteiger partial charge >= 0.3 is 0 Å². The fraction of sp³-hybridized carbons (Fsp3) is 0.455. The average molecular weight is 263 g/mol. The van der Waals surface area contributed by atoms with Gasteiger partial charge in [-0.2, -0.15) is 15.1 Å². The summed E-state index contributed by atoms with van der Waals surface area (Å²) in [4.78, 5) is 20.0. The Hall–Kier alpha value is -2.38. The second-order valence-corrected chi connectivity index (χ2v) is 4.67. The molecule has 2 heterocycles. The van der Waals surface area contributed by atoms with E-state index in [9.17, 15) is 4.79 Å². The highest BCUT2D eigenvalue weighted by atomic mass is 16.1. The normalized spacial score (nSPS) is 11.5. The molecule has 0 aliphatic rings. The van der Waals surface area contributed by atoms with E-state index in [1.54, 1.807) is 20.0 Å². The maximum atomic E-state index is 11.4. The summed E-state index contributed by atoms with van der Waals surface area (Å²) in [5.74, 6) is 0.508. The second-order valence-electron chi connectivity index (χ2n) is 4.67. The van der Waals surface area contributed by atoms with Crippen LogP contribution in [0.5, 0.6) is 0 Å². The van der Waals surface area contributed by atoms with Crippen molar-refractivity contribution in [3.05, 3.63) is 6.20 Å². The molecule has 0 unspecified atom stereocenters. The standard InChI is InChI=1S/C11H17N7O/c1-4-13-10-15-7(17-11(2,3)9(12)19)6-5-14-18-8(6)16-10/h5H,4H2,1-3H3,(H2,12,19)(H3,13,14,15,16,17,18). The first-order valence-corrected chi connectivity index (χ1v) is 5.97. The summed E-state index contributed by atoms with van der Waals surface area (Å²) in [5.41, 5.74) is 5.03. The highest BCUT2D eigenvalue weighted by Gasteiger charge is 2.26. The number of carbonyl (C=O) groups is 1. The molecule has 102 valence electrons. The number of aromatic amines is 1. The molecular formula is C11H17N7O. The molecule has 0 aliphatic heterocycles. The minimum atomic E-state index is -0.915. The molecular weight excluding hydrogens is 246 g/mol. The predicted molar refractivity (Wildman–Crippen MR) is 72.7 cm³/mol. The molecule has 8 heteroatoms. The van der Waals surface area contributed by atoms with Gasteiger partial charge in [0.15, 0.2) is 5.65 Å². The van der Waals surface area contributed by atoms with Crippen LogP contribution in [0, 0.1) is 0 Å². The van der Waals surface area contributed by atoms with E-state index in [-0.39, 0.29) is 0 Å². The number of nitrogens with two attached hydrogens (primary N) is 1. The van der Waals surface area contributed by atoms with E-state index in [0.717, 1.165) is 0 Å². The van der Waals surface area contributed by atoms with Crippen LogP contribution in [-0.2, 0) is 4.79 Å². The maximum Gasteiger partial charge on any atom is 0.242 e. The molecule has 0 fully saturated rings. The van der Waals surface area contributed by atoms with Gasteiger partial charge in [-0.15, -0.1) is 0 Å². The van der Waals surface area contributed by atoms with E-state index in [2.05, 4.69) is 30.8 Å². The molecule has 1 amide bonds. The van der Waals surface area contributed by atoms with Crippen LogP contribution in [-0.4, -0.2) is 38.2 Å². The zero-order valence-corrected chi connectivity index (χ0v) is 11.1. The first kappa shape index (κ1) is 13.1. The Balaban J connectivity index is 2.45. The van der Waals surface area contributed by atoms with Crippen LogP contribution in [0.4, 0.5) is 11.8 Å². The molecule has 0 saturated heterocycles. The molecule has 5 N–H and O–H groups in total. The summed E-state index contributed by atoms with van der Waals surface area (Å²) in [6.07, 6.45) is 1.60. The molecule has 8 nitrogen and oxygen atoms in total. The Morgan fingerprint density at radius 1 is 1.47 bits per heavy atom. The molecule has 2 aromatic rings. The molecule has 19 heavy (non-hydrogen) atoms. The third-order valence-corrected chi connectivity index (χ3v) is 2.69. The van der Waals surface area contributed by atoms with Crippen LogP contribution in [0.3, 0.4) is 0 Å². The van der Waals surface area contributed by atoms with Crippen LogP contribution in [0.25, 0.3) is 11.0 Å². The smallest absolute Gasteiger partial charge is 0.242 e. The molecule has 2 rings (SSSR count). The molecule has 0 aromatic carbocycles. The van der Waals surface area contributed by atoms with E-state index >= 15 is 0 Å². The summed E-state index contributed by atoms with van der Waals surface area (Å²) in [7, 11) is 0. The highest BCUT2D eigenvalue weighted by Crippen LogP contribution is 2.23. The van der Waals surface area contributed by atoms with Gasteiger partial charge in [0.2, 0.25) is 11.9 Å².